The molecule has 1 atom stereocenters. The minimum absolute atomic E-state index is 0.215. The third kappa shape index (κ3) is 4.53. The van der Waals surface area contributed by atoms with Crippen LogP contribution in [0.5, 0.6) is 0 Å². The van der Waals surface area contributed by atoms with Gasteiger partial charge in [-0.15, -0.1) is 11.3 Å². The first-order chi connectivity index (χ1) is 20.6. The first-order valence-electron chi connectivity index (χ1n) is 14.2. The van der Waals surface area contributed by atoms with Gasteiger partial charge >= 0.3 is 0 Å². The summed E-state index contributed by atoms with van der Waals surface area (Å²) < 4.78 is 2.52. The first-order valence-corrected chi connectivity index (χ1v) is 15.0. The van der Waals surface area contributed by atoms with Crippen molar-refractivity contribution in [2.24, 2.45) is 5.73 Å². The van der Waals surface area contributed by atoms with Crippen LogP contribution in [0.2, 0.25) is 0 Å². The van der Waals surface area contributed by atoms with Crippen LogP contribution in [0.15, 0.2) is 140 Å². The van der Waals surface area contributed by atoms with Crippen molar-refractivity contribution < 1.29 is 0 Å². The van der Waals surface area contributed by atoms with E-state index in [-0.39, 0.29) is 6.04 Å². The molecular weight excluding hydrogens is 529 g/mol. The van der Waals surface area contributed by atoms with E-state index in [0.717, 1.165) is 27.8 Å². The lowest BCUT2D eigenvalue weighted by atomic mass is 9.89. The molecule has 7 rings (SSSR count). The minimum atomic E-state index is -0.215. The summed E-state index contributed by atoms with van der Waals surface area (Å²) in [6.07, 6.45) is 1.97. The standard InChI is InChI=1S/C39H30N2S/c1-25(24-35(40)26-12-4-2-5-13-26)28-20-21-31(30-17-9-8-16-29(28)30)32-22-23-34(38(41)27-14-6-3-7-15-27)37-33-18-10-11-19-36(33)42-39(32)37/h2-24,38,40H,41H2,1H3/b25-24+,40-35?. The van der Waals surface area contributed by atoms with Gasteiger partial charge in [0, 0.05) is 25.7 Å². The summed E-state index contributed by atoms with van der Waals surface area (Å²) in [6.45, 7) is 2.10. The van der Waals surface area contributed by atoms with Crippen LogP contribution in [0.25, 0.3) is 47.6 Å². The molecule has 2 nitrogen and oxygen atoms in total. The van der Waals surface area contributed by atoms with E-state index in [1.54, 1.807) is 0 Å². The van der Waals surface area contributed by atoms with Crippen molar-refractivity contribution in [3.05, 3.63) is 162 Å². The molecule has 0 saturated heterocycles. The highest BCUT2D eigenvalue weighted by molar-refractivity contribution is 7.26. The van der Waals surface area contributed by atoms with Crippen LogP contribution in [-0.4, -0.2) is 5.71 Å². The molecule has 3 heteroatoms. The third-order valence-electron chi connectivity index (χ3n) is 8.14. The van der Waals surface area contributed by atoms with Crippen LogP contribution >= 0.6 is 11.3 Å². The lowest BCUT2D eigenvalue weighted by Crippen LogP contribution is -2.12. The van der Waals surface area contributed by atoms with E-state index in [9.17, 15) is 0 Å². The molecule has 1 aromatic heterocycles. The van der Waals surface area contributed by atoms with Gasteiger partial charge in [-0.1, -0.05) is 127 Å². The summed E-state index contributed by atoms with van der Waals surface area (Å²) in [4.78, 5) is 0. The summed E-state index contributed by atoms with van der Waals surface area (Å²) in [5, 5.41) is 13.5. The highest BCUT2D eigenvalue weighted by Crippen LogP contribution is 2.45. The Kier molecular flexibility index (Phi) is 6.75. The molecule has 0 bridgehead atoms. The predicted molar refractivity (Wildman–Crippen MR) is 182 cm³/mol. The van der Waals surface area contributed by atoms with Gasteiger partial charge < -0.3 is 11.1 Å². The summed E-state index contributed by atoms with van der Waals surface area (Å²) in [5.41, 5.74) is 15.3. The lowest BCUT2D eigenvalue weighted by Gasteiger charge is -2.17. The maximum Gasteiger partial charge on any atom is 0.0615 e. The van der Waals surface area contributed by atoms with Crippen molar-refractivity contribution in [2.45, 2.75) is 13.0 Å². The molecule has 6 aromatic carbocycles. The summed E-state index contributed by atoms with van der Waals surface area (Å²) >= 11 is 1.84. The largest absolute Gasteiger partial charge is 0.320 e. The van der Waals surface area contributed by atoms with Gasteiger partial charge in [-0.2, -0.15) is 0 Å². The minimum Gasteiger partial charge on any atom is -0.320 e. The van der Waals surface area contributed by atoms with E-state index in [1.807, 2.05) is 53.8 Å². The molecule has 0 spiro atoms. The van der Waals surface area contributed by atoms with Gasteiger partial charge in [0.2, 0.25) is 0 Å². The van der Waals surface area contributed by atoms with E-state index < -0.39 is 0 Å². The fraction of sp³-hybridized carbons (Fsp3) is 0.0513. The number of nitrogens with one attached hydrogen (secondary N) is 1. The summed E-state index contributed by atoms with van der Waals surface area (Å²) in [7, 11) is 0. The van der Waals surface area contributed by atoms with Crippen molar-refractivity contribution >= 4 is 53.6 Å². The smallest absolute Gasteiger partial charge is 0.0615 e. The van der Waals surface area contributed by atoms with Crippen LogP contribution in [-0.2, 0) is 0 Å². The highest BCUT2D eigenvalue weighted by atomic mass is 32.1. The number of fused-ring (bicyclic) bond motifs is 4. The van der Waals surface area contributed by atoms with Crippen molar-refractivity contribution in [1.29, 1.82) is 5.41 Å². The molecule has 0 aliphatic heterocycles. The molecule has 42 heavy (non-hydrogen) atoms. The molecule has 3 N–H and O–H groups in total. The molecule has 1 unspecified atom stereocenters. The monoisotopic (exact) mass is 558 g/mol. The molecule has 1 heterocycles. The van der Waals surface area contributed by atoms with Gasteiger partial charge in [-0.05, 0) is 63.2 Å². The number of benzene rings is 6. The zero-order chi connectivity index (χ0) is 28.6. The van der Waals surface area contributed by atoms with Crippen molar-refractivity contribution in [2.75, 3.05) is 0 Å². The van der Waals surface area contributed by atoms with Gasteiger partial charge in [0.15, 0.2) is 0 Å². The van der Waals surface area contributed by atoms with Crippen molar-refractivity contribution in [3.63, 3.8) is 0 Å². The zero-order valence-corrected chi connectivity index (χ0v) is 24.2. The fourth-order valence-corrected chi connectivity index (χ4v) is 7.30. The number of hydrogen-bond acceptors (Lipinski definition) is 3. The second kappa shape index (κ2) is 10.9. The van der Waals surface area contributed by atoms with Crippen LogP contribution < -0.4 is 5.73 Å². The number of allylic oxidation sites excluding steroid dienone is 2. The SMILES string of the molecule is C/C(=C\C(=N)c1ccccc1)c1ccc(-c2ccc(C(N)c3ccccc3)c3c2sc2ccccc23)c2ccccc12. The van der Waals surface area contributed by atoms with Gasteiger partial charge in [0.25, 0.3) is 0 Å². The number of rotatable bonds is 6. The topological polar surface area (TPSA) is 49.9 Å². The second-order valence-corrected chi connectivity index (χ2v) is 11.8. The maximum absolute atomic E-state index is 8.67. The maximum atomic E-state index is 8.67. The Bertz CT molecular complexity index is 2120. The molecule has 7 aromatic rings. The Labute approximate surface area is 249 Å². The molecule has 202 valence electrons. The van der Waals surface area contributed by atoms with Crippen LogP contribution in [0.3, 0.4) is 0 Å². The number of thiophene rings is 1. The van der Waals surface area contributed by atoms with E-state index in [1.165, 1.54) is 42.1 Å². The van der Waals surface area contributed by atoms with Gasteiger partial charge in [-0.3, -0.25) is 0 Å². The van der Waals surface area contributed by atoms with Gasteiger partial charge in [0.05, 0.1) is 11.8 Å². The fourth-order valence-electron chi connectivity index (χ4n) is 6.04. The Hall–Kier alpha value is -4.83. The van der Waals surface area contributed by atoms with Crippen molar-refractivity contribution in [1.82, 2.24) is 0 Å². The number of hydrogen-bond donors (Lipinski definition) is 2. The molecule has 0 aliphatic carbocycles. The van der Waals surface area contributed by atoms with Crippen molar-refractivity contribution in [3.8, 4) is 11.1 Å². The lowest BCUT2D eigenvalue weighted by molar-refractivity contribution is 0.882. The Morgan fingerprint density at radius 3 is 2.05 bits per heavy atom. The Morgan fingerprint density at radius 1 is 0.667 bits per heavy atom. The quantitative estimate of drug-likeness (QED) is 0.196. The van der Waals surface area contributed by atoms with E-state index >= 15 is 0 Å². The second-order valence-electron chi connectivity index (χ2n) is 10.7. The van der Waals surface area contributed by atoms with Crippen LogP contribution in [0, 0.1) is 5.41 Å². The Morgan fingerprint density at radius 2 is 1.29 bits per heavy atom. The molecule has 0 aliphatic rings. The molecule has 0 radical (unpaired) electrons. The summed E-state index contributed by atoms with van der Waals surface area (Å²) in [6, 6.07) is 46.3. The van der Waals surface area contributed by atoms with Gasteiger partial charge in [-0.25, -0.2) is 0 Å². The molecular formula is C39H30N2S. The highest BCUT2D eigenvalue weighted by Gasteiger charge is 2.20. The molecule has 0 fully saturated rings. The average molecular weight is 559 g/mol. The van der Waals surface area contributed by atoms with Gasteiger partial charge in [0.1, 0.15) is 0 Å². The zero-order valence-electron chi connectivity index (χ0n) is 23.3. The summed E-state index contributed by atoms with van der Waals surface area (Å²) in [5.74, 6) is 0. The van der Waals surface area contributed by atoms with E-state index in [2.05, 4.69) is 104 Å². The van der Waals surface area contributed by atoms with E-state index in [4.69, 9.17) is 11.1 Å². The number of nitrogens with two attached hydrogens (primary N) is 1. The van der Waals surface area contributed by atoms with E-state index in [0.29, 0.717) is 5.71 Å². The van der Waals surface area contributed by atoms with Crippen LogP contribution in [0.1, 0.15) is 35.2 Å². The Balaban J connectivity index is 1.41. The van der Waals surface area contributed by atoms with Crippen LogP contribution in [0.4, 0.5) is 0 Å². The third-order valence-corrected chi connectivity index (χ3v) is 9.34. The first kappa shape index (κ1) is 26.1. The normalized spacial score (nSPS) is 12.7. The molecule has 0 saturated carbocycles. The average Bonchev–Trinajstić information content (AvgIpc) is 3.44. The predicted octanol–water partition coefficient (Wildman–Crippen LogP) is 10.4. The molecule has 0 amide bonds.